The molecule has 0 radical (unpaired) electrons. The minimum absolute atomic E-state index is 0.242. The summed E-state index contributed by atoms with van der Waals surface area (Å²) in [6.45, 7) is 3.11. The number of ether oxygens (including phenoxy) is 3. The molecule has 0 amide bonds. The Morgan fingerprint density at radius 2 is 1.72 bits per heavy atom. The monoisotopic (exact) mass is 254 g/mol. The van der Waals surface area contributed by atoms with Crippen LogP contribution in [0.1, 0.15) is 20.3 Å². The number of rotatable bonds is 3. The second kappa shape index (κ2) is 9.04. The molecule has 1 aromatic carbocycles. The second-order valence-electron chi connectivity index (χ2n) is 3.20. The molecular formula is C13H18O5. The summed E-state index contributed by atoms with van der Waals surface area (Å²) in [7, 11) is 2.92. The van der Waals surface area contributed by atoms with Crippen molar-refractivity contribution < 1.29 is 23.8 Å². The number of benzene rings is 1. The summed E-state index contributed by atoms with van der Waals surface area (Å²) in [6, 6.07) is 6.96. The molecule has 100 valence electrons. The van der Waals surface area contributed by atoms with Crippen LogP contribution in [-0.2, 0) is 14.3 Å². The van der Waals surface area contributed by atoms with E-state index in [2.05, 4.69) is 4.74 Å². The first-order valence-electron chi connectivity index (χ1n) is 5.42. The van der Waals surface area contributed by atoms with Gasteiger partial charge < -0.3 is 14.2 Å². The summed E-state index contributed by atoms with van der Waals surface area (Å²) >= 11 is 0. The van der Waals surface area contributed by atoms with Crippen LogP contribution in [0.2, 0.25) is 0 Å². The van der Waals surface area contributed by atoms with Gasteiger partial charge in [-0.1, -0.05) is 13.0 Å². The molecule has 0 saturated carbocycles. The van der Waals surface area contributed by atoms with Gasteiger partial charge in [0.25, 0.3) is 0 Å². The first-order valence-corrected chi connectivity index (χ1v) is 5.42. The Hall–Kier alpha value is -2.04. The molecule has 0 aliphatic heterocycles. The fraction of sp³-hybridized carbons (Fsp3) is 0.385. The number of methoxy groups -OCH3 is 2. The fourth-order valence-corrected chi connectivity index (χ4v) is 0.868. The molecule has 0 unspecified atom stereocenters. The van der Waals surface area contributed by atoms with Crippen LogP contribution in [-0.4, -0.2) is 26.2 Å². The molecular weight excluding hydrogens is 236 g/mol. The van der Waals surface area contributed by atoms with Crippen molar-refractivity contribution in [1.29, 1.82) is 0 Å². The summed E-state index contributed by atoms with van der Waals surface area (Å²) in [6.07, 6.45) is 0.372. The molecule has 0 atom stereocenters. The van der Waals surface area contributed by atoms with E-state index in [1.807, 2.05) is 0 Å². The highest BCUT2D eigenvalue weighted by Crippen LogP contribution is 2.18. The Kier molecular flexibility index (Phi) is 8.01. The van der Waals surface area contributed by atoms with Crippen LogP contribution < -0.4 is 9.47 Å². The van der Waals surface area contributed by atoms with E-state index in [4.69, 9.17) is 9.47 Å². The molecule has 0 aliphatic rings. The Labute approximate surface area is 107 Å². The summed E-state index contributed by atoms with van der Waals surface area (Å²) < 4.78 is 14.1. The first kappa shape index (κ1) is 16.0. The molecule has 0 saturated heterocycles. The fourth-order valence-electron chi connectivity index (χ4n) is 0.868. The number of carbonyl (C=O) groups excluding carboxylic acids is 2. The quantitative estimate of drug-likeness (QED) is 0.611. The molecule has 0 bridgehead atoms. The maximum absolute atomic E-state index is 10.9. The van der Waals surface area contributed by atoms with Crippen molar-refractivity contribution in [2.45, 2.75) is 20.3 Å². The lowest BCUT2D eigenvalue weighted by Gasteiger charge is -2.04. The third kappa shape index (κ3) is 7.27. The molecule has 1 rings (SSSR count). The van der Waals surface area contributed by atoms with Gasteiger partial charge in [-0.15, -0.1) is 0 Å². The van der Waals surface area contributed by atoms with Gasteiger partial charge in [-0.25, -0.2) is 0 Å². The highest BCUT2D eigenvalue weighted by Gasteiger charge is 2.01. The van der Waals surface area contributed by atoms with Gasteiger partial charge in [-0.05, 0) is 12.1 Å². The first-order chi connectivity index (χ1) is 8.53. The van der Waals surface area contributed by atoms with Crippen molar-refractivity contribution >= 4 is 11.9 Å². The Balaban J connectivity index is 0.000000494. The predicted octanol–water partition coefficient (Wildman–Crippen LogP) is 2.19. The van der Waals surface area contributed by atoms with Crippen LogP contribution in [0.4, 0.5) is 0 Å². The molecule has 0 spiro atoms. The van der Waals surface area contributed by atoms with Gasteiger partial charge in [0.15, 0.2) is 0 Å². The van der Waals surface area contributed by atoms with Crippen molar-refractivity contribution in [1.82, 2.24) is 0 Å². The van der Waals surface area contributed by atoms with E-state index in [1.165, 1.54) is 14.0 Å². The summed E-state index contributed by atoms with van der Waals surface area (Å²) in [5.41, 5.74) is 0. The molecule has 5 nitrogen and oxygen atoms in total. The van der Waals surface area contributed by atoms with Crippen molar-refractivity contribution in [3.05, 3.63) is 24.3 Å². The Bertz CT molecular complexity index is 387. The minimum atomic E-state index is -0.245. The van der Waals surface area contributed by atoms with E-state index >= 15 is 0 Å². The zero-order chi connectivity index (χ0) is 14.0. The summed E-state index contributed by atoms with van der Waals surface area (Å²) in [5.74, 6) is 0.714. The summed E-state index contributed by atoms with van der Waals surface area (Å²) in [5, 5.41) is 0. The van der Waals surface area contributed by atoms with Crippen LogP contribution in [0.5, 0.6) is 11.5 Å². The van der Waals surface area contributed by atoms with Crippen LogP contribution in [0.25, 0.3) is 0 Å². The third-order valence-electron chi connectivity index (χ3n) is 1.85. The van der Waals surface area contributed by atoms with Gasteiger partial charge in [0, 0.05) is 19.4 Å². The largest absolute Gasteiger partial charge is 0.497 e. The smallest absolute Gasteiger partial charge is 0.310 e. The topological polar surface area (TPSA) is 61.8 Å². The zero-order valence-electron chi connectivity index (χ0n) is 11.1. The molecule has 0 heterocycles. The van der Waals surface area contributed by atoms with Crippen LogP contribution in [0.3, 0.4) is 0 Å². The Morgan fingerprint density at radius 1 is 1.17 bits per heavy atom. The van der Waals surface area contributed by atoms with E-state index in [9.17, 15) is 9.59 Å². The van der Waals surface area contributed by atoms with Gasteiger partial charge in [0.1, 0.15) is 11.5 Å². The number of carbonyl (C=O) groups is 2. The molecule has 18 heavy (non-hydrogen) atoms. The van der Waals surface area contributed by atoms with Crippen molar-refractivity contribution in [2.24, 2.45) is 0 Å². The standard InChI is InChI=1S/C10H12O3.C3H6O2/c1-3-10(11)13-9-6-4-5-8(7-9)12-2;1-3(4)5-2/h4-7H,3H2,1-2H3;1-2H3. The number of hydrogen-bond donors (Lipinski definition) is 0. The zero-order valence-corrected chi connectivity index (χ0v) is 11.1. The molecule has 0 aliphatic carbocycles. The maximum atomic E-state index is 10.9. The maximum Gasteiger partial charge on any atom is 0.310 e. The van der Waals surface area contributed by atoms with Crippen molar-refractivity contribution in [2.75, 3.05) is 14.2 Å². The van der Waals surface area contributed by atoms with E-state index in [0.29, 0.717) is 17.9 Å². The number of hydrogen-bond acceptors (Lipinski definition) is 5. The second-order valence-corrected chi connectivity index (χ2v) is 3.20. The molecule has 0 fully saturated rings. The predicted molar refractivity (Wildman–Crippen MR) is 66.6 cm³/mol. The third-order valence-corrected chi connectivity index (χ3v) is 1.85. The molecule has 5 heteroatoms. The van der Waals surface area contributed by atoms with Crippen LogP contribution in [0, 0.1) is 0 Å². The molecule has 0 N–H and O–H groups in total. The van der Waals surface area contributed by atoms with E-state index in [0.717, 1.165) is 0 Å². The lowest BCUT2D eigenvalue weighted by molar-refractivity contribution is -0.138. The van der Waals surface area contributed by atoms with E-state index < -0.39 is 0 Å². The normalized spacial score (nSPS) is 8.67. The lowest BCUT2D eigenvalue weighted by Crippen LogP contribution is -2.05. The van der Waals surface area contributed by atoms with Crippen molar-refractivity contribution in [3.63, 3.8) is 0 Å². The van der Waals surface area contributed by atoms with Gasteiger partial charge in [-0.3, -0.25) is 9.59 Å². The van der Waals surface area contributed by atoms with E-state index in [1.54, 1.807) is 38.3 Å². The van der Waals surface area contributed by atoms with Gasteiger partial charge in [0.05, 0.1) is 14.2 Å². The van der Waals surface area contributed by atoms with Crippen LogP contribution >= 0.6 is 0 Å². The average molecular weight is 254 g/mol. The lowest BCUT2D eigenvalue weighted by atomic mass is 10.3. The minimum Gasteiger partial charge on any atom is -0.497 e. The summed E-state index contributed by atoms with van der Waals surface area (Å²) in [4.78, 5) is 20.5. The number of esters is 2. The van der Waals surface area contributed by atoms with E-state index in [-0.39, 0.29) is 11.9 Å². The Morgan fingerprint density at radius 3 is 2.17 bits per heavy atom. The SMILES string of the molecule is CCC(=O)Oc1cccc(OC)c1.COC(C)=O. The van der Waals surface area contributed by atoms with Crippen LogP contribution in [0.15, 0.2) is 24.3 Å². The molecule has 1 aromatic rings. The van der Waals surface area contributed by atoms with Gasteiger partial charge in [-0.2, -0.15) is 0 Å². The van der Waals surface area contributed by atoms with Gasteiger partial charge in [0.2, 0.25) is 0 Å². The highest BCUT2D eigenvalue weighted by molar-refractivity contribution is 5.72. The van der Waals surface area contributed by atoms with Crippen molar-refractivity contribution in [3.8, 4) is 11.5 Å². The van der Waals surface area contributed by atoms with Gasteiger partial charge >= 0.3 is 11.9 Å². The average Bonchev–Trinajstić information content (AvgIpc) is 2.39. The molecule has 0 aromatic heterocycles. The highest BCUT2D eigenvalue weighted by atomic mass is 16.5.